The zero-order valence-corrected chi connectivity index (χ0v) is 19.6. The van der Waals surface area contributed by atoms with E-state index in [1.807, 2.05) is 6.92 Å². The maximum absolute atomic E-state index is 13.1. The van der Waals surface area contributed by atoms with Crippen LogP contribution in [0.1, 0.15) is 54.9 Å². The van der Waals surface area contributed by atoms with E-state index in [-0.39, 0.29) is 11.9 Å². The van der Waals surface area contributed by atoms with Crippen molar-refractivity contribution < 1.29 is 18.0 Å². The second-order valence-electron chi connectivity index (χ2n) is 8.41. The Morgan fingerprint density at radius 3 is 2.25 bits per heavy atom. The summed E-state index contributed by atoms with van der Waals surface area (Å²) in [5.74, 6) is -0.757. The van der Waals surface area contributed by atoms with E-state index < -0.39 is 22.0 Å². The van der Waals surface area contributed by atoms with Crippen molar-refractivity contribution in [3.63, 3.8) is 0 Å². The van der Waals surface area contributed by atoms with Crippen LogP contribution in [-0.4, -0.2) is 38.6 Å². The average molecular weight is 458 g/mol. The topological polar surface area (TPSA) is 95.6 Å². The van der Waals surface area contributed by atoms with Crippen LogP contribution in [0.2, 0.25) is 0 Å². The Bertz CT molecular complexity index is 1060. The molecule has 0 bridgehead atoms. The fourth-order valence-corrected chi connectivity index (χ4v) is 5.21. The van der Waals surface area contributed by atoms with Gasteiger partial charge in [0, 0.05) is 6.04 Å². The number of carbonyl (C=O) groups excluding carboxylic acids is 2. The zero-order valence-electron chi connectivity index (χ0n) is 18.8. The first-order valence-corrected chi connectivity index (χ1v) is 12.8. The van der Waals surface area contributed by atoms with Gasteiger partial charge in [0.15, 0.2) is 0 Å². The van der Waals surface area contributed by atoms with Crippen LogP contribution >= 0.6 is 0 Å². The summed E-state index contributed by atoms with van der Waals surface area (Å²) in [6.07, 6.45) is 6.37. The average Bonchev–Trinajstić information content (AvgIpc) is 2.75. The van der Waals surface area contributed by atoms with Gasteiger partial charge >= 0.3 is 0 Å². The minimum Gasteiger partial charge on any atom is -0.349 e. The van der Waals surface area contributed by atoms with Crippen LogP contribution in [0.3, 0.4) is 0 Å². The number of hydrogen-bond acceptors (Lipinski definition) is 4. The highest BCUT2D eigenvalue weighted by molar-refractivity contribution is 7.92. The molecule has 0 spiro atoms. The predicted octanol–water partition coefficient (Wildman–Crippen LogP) is 3.85. The van der Waals surface area contributed by atoms with Gasteiger partial charge in [-0.2, -0.15) is 0 Å². The standard InChI is InChI=1S/C24H31N3O4S/c1-17-13-15-20(16-14-17)27(32(3,30)31)18(2)23(28)26-22-12-8-7-11-21(22)24(29)25-19-9-5-4-6-10-19/h7-8,11-16,18-19H,4-6,9-10H2,1-3H3,(H,25,29)(H,26,28)/t18-/m0/s1. The number of sulfonamides is 1. The number of anilines is 2. The minimum atomic E-state index is -3.72. The van der Waals surface area contributed by atoms with Crippen molar-refractivity contribution in [3.05, 3.63) is 59.7 Å². The number of nitrogens with one attached hydrogen (secondary N) is 2. The van der Waals surface area contributed by atoms with Gasteiger partial charge in [-0.3, -0.25) is 13.9 Å². The molecule has 0 unspecified atom stereocenters. The molecule has 2 amide bonds. The van der Waals surface area contributed by atoms with Crippen molar-refractivity contribution in [2.75, 3.05) is 15.9 Å². The highest BCUT2D eigenvalue weighted by atomic mass is 32.2. The van der Waals surface area contributed by atoms with Gasteiger partial charge in [-0.05, 0) is 51.0 Å². The van der Waals surface area contributed by atoms with E-state index in [1.54, 1.807) is 48.5 Å². The first-order chi connectivity index (χ1) is 15.2. The molecule has 0 aliphatic heterocycles. The Hall–Kier alpha value is -2.87. The summed E-state index contributed by atoms with van der Waals surface area (Å²) in [6, 6.07) is 12.8. The molecule has 2 aromatic carbocycles. The van der Waals surface area contributed by atoms with Crippen LogP contribution in [0.4, 0.5) is 11.4 Å². The molecule has 2 N–H and O–H groups in total. The van der Waals surface area contributed by atoms with Gasteiger partial charge in [-0.1, -0.05) is 49.1 Å². The summed E-state index contributed by atoms with van der Waals surface area (Å²) >= 11 is 0. The Labute approximate surface area is 190 Å². The monoisotopic (exact) mass is 457 g/mol. The van der Waals surface area contributed by atoms with Gasteiger partial charge in [0.1, 0.15) is 6.04 Å². The first-order valence-electron chi connectivity index (χ1n) is 10.9. The molecular weight excluding hydrogens is 426 g/mol. The van der Waals surface area contributed by atoms with Gasteiger partial charge < -0.3 is 10.6 Å². The minimum absolute atomic E-state index is 0.140. The van der Waals surface area contributed by atoms with Crippen LogP contribution in [0.25, 0.3) is 0 Å². The van der Waals surface area contributed by atoms with E-state index in [0.717, 1.165) is 41.8 Å². The molecule has 1 fully saturated rings. The van der Waals surface area contributed by atoms with Crippen LogP contribution in [0, 0.1) is 6.92 Å². The van der Waals surface area contributed by atoms with Gasteiger partial charge in [0.25, 0.3) is 5.91 Å². The number of hydrogen-bond donors (Lipinski definition) is 2. The Kier molecular flexibility index (Phi) is 7.56. The summed E-state index contributed by atoms with van der Waals surface area (Å²) in [5.41, 5.74) is 2.11. The number of amides is 2. The lowest BCUT2D eigenvalue weighted by atomic mass is 9.95. The van der Waals surface area contributed by atoms with Crippen molar-refractivity contribution in [1.82, 2.24) is 5.32 Å². The fraction of sp³-hybridized carbons (Fsp3) is 0.417. The normalized spacial score (nSPS) is 15.6. The summed E-state index contributed by atoms with van der Waals surface area (Å²) in [4.78, 5) is 25.9. The van der Waals surface area contributed by atoms with Crippen molar-refractivity contribution >= 4 is 33.2 Å². The summed E-state index contributed by atoms with van der Waals surface area (Å²) in [7, 11) is -3.72. The number of aryl methyl sites for hydroxylation is 1. The molecule has 1 saturated carbocycles. The third-order valence-electron chi connectivity index (χ3n) is 5.75. The highest BCUT2D eigenvalue weighted by Gasteiger charge is 2.30. The Balaban J connectivity index is 1.79. The first kappa shape index (κ1) is 23.8. The molecule has 1 aliphatic rings. The lowest BCUT2D eigenvalue weighted by Gasteiger charge is -2.28. The van der Waals surface area contributed by atoms with Crippen LogP contribution in [0.15, 0.2) is 48.5 Å². The van der Waals surface area contributed by atoms with Gasteiger partial charge in [-0.15, -0.1) is 0 Å². The second kappa shape index (κ2) is 10.2. The summed E-state index contributed by atoms with van der Waals surface area (Å²) < 4.78 is 26.1. The lowest BCUT2D eigenvalue weighted by molar-refractivity contribution is -0.116. The molecule has 0 heterocycles. The third kappa shape index (κ3) is 5.88. The molecule has 3 rings (SSSR count). The largest absolute Gasteiger partial charge is 0.349 e. The number of carbonyl (C=O) groups is 2. The molecule has 1 atom stereocenters. The quantitative estimate of drug-likeness (QED) is 0.660. The van der Waals surface area contributed by atoms with Gasteiger partial charge in [0.05, 0.1) is 23.2 Å². The molecule has 8 heteroatoms. The Morgan fingerprint density at radius 2 is 1.62 bits per heavy atom. The van der Waals surface area contributed by atoms with E-state index in [1.165, 1.54) is 13.3 Å². The molecule has 1 aliphatic carbocycles. The number of para-hydroxylation sites is 1. The van der Waals surface area contributed by atoms with E-state index in [9.17, 15) is 18.0 Å². The third-order valence-corrected chi connectivity index (χ3v) is 6.99. The second-order valence-corrected chi connectivity index (χ2v) is 10.3. The smallest absolute Gasteiger partial charge is 0.253 e. The van der Waals surface area contributed by atoms with Crippen molar-refractivity contribution in [2.24, 2.45) is 0 Å². The van der Waals surface area contributed by atoms with Crippen molar-refractivity contribution in [1.29, 1.82) is 0 Å². The van der Waals surface area contributed by atoms with Crippen LogP contribution in [0.5, 0.6) is 0 Å². The molecule has 2 aromatic rings. The van der Waals surface area contributed by atoms with E-state index in [0.29, 0.717) is 16.9 Å². The van der Waals surface area contributed by atoms with Crippen molar-refractivity contribution in [2.45, 2.75) is 58.0 Å². The van der Waals surface area contributed by atoms with E-state index in [4.69, 9.17) is 0 Å². The predicted molar refractivity (Wildman–Crippen MR) is 127 cm³/mol. The molecule has 7 nitrogen and oxygen atoms in total. The molecule has 0 saturated heterocycles. The summed E-state index contributed by atoms with van der Waals surface area (Å²) in [5, 5.41) is 5.82. The Morgan fingerprint density at radius 1 is 1.00 bits per heavy atom. The summed E-state index contributed by atoms with van der Waals surface area (Å²) in [6.45, 7) is 3.43. The number of nitrogens with zero attached hydrogens (tertiary/aromatic N) is 1. The van der Waals surface area contributed by atoms with Gasteiger partial charge in [0.2, 0.25) is 15.9 Å². The molecule has 172 valence electrons. The zero-order chi connectivity index (χ0) is 23.3. The van der Waals surface area contributed by atoms with Crippen LogP contribution in [-0.2, 0) is 14.8 Å². The number of rotatable bonds is 7. The number of benzene rings is 2. The maximum Gasteiger partial charge on any atom is 0.253 e. The lowest BCUT2D eigenvalue weighted by Crippen LogP contribution is -2.45. The van der Waals surface area contributed by atoms with E-state index >= 15 is 0 Å². The molecule has 32 heavy (non-hydrogen) atoms. The van der Waals surface area contributed by atoms with Crippen molar-refractivity contribution in [3.8, 4) is 0 Å². The van der Waals surface area contributed by atoms with Crippen LogP contribution < -0.4 is 14.9 Å². The molecular formula is C24H31N3O4S. The maximum atomic E-state index is 13.1. The molecule has 0 aromatic heterocycles. The van der Waals surface area contributed by atoms with Gasteiger partial charge in [-0.25, -0.2) is 8.42 Å². The SMILES string of the molecule is Cc1ccc(N([C@@H](C)C(=O)Nc2ccccc2C(=O)NC2CCCCC2)S(C)(=O)=O)cc1. The highest BCUT2D eigenvalue weighted by Crippen LogP contribution is 2.24. The van der Waals surface area contributed by atoms with E-state index in [2.05, 4.69) is 10.6 Å². The fourth-order valence-electron chi connectivity index (χ4n) is 4.04. The molecule has 0 radical (unpaired) electrons.